The Bertz CT molecular complexity index is 944. The maximum atomic E-state index is 13.2. The van der Waals surface area contributed by atoms with Crippen LogP contribution in [0.2, 0.25) is 0 Å². The number of ketones is 1. The van der Waals surface area contributed by atoms with Crippen LogP contribution < -0.4 is 5.32 Å². The van der Waals surface area contributed by atoms with E-state index in [0.29, 0.717) is 22.5 Å². The van der Waals surface area contributed by atoms with E-state index in [-0.39, 0.29) is 17.9 Å². The zero-order valence-corrected chi connectivity index (χ0v) is 13.7. The maximum Gasteiger partial charge on any atom is 0.416 e. The first-order chi connectivity index (χ1) is 11.8. The van der Waals surface area contributed by atoms with Gasteiger partial charge in [0.15, 0.2) is 5.78 Å². The smallest absolute Gasteiger partial charge is 0.359 e. The van der Waals surface area contributed by atoms with Crippen LogP contribution >= 0.6 is 0 Å². The number of hydrogen-bond donors (Lipinski definition) is 1. The van der Waals surface area contributed by atoms with Gasteiger partial charge in [0.1, 0.15) is 0 Å². The lowest BCUT2D eigenvalue weighted by Crippen LogP contribution is -2.12. The molecule has 7 heteroatoms. The van der Waals surface area contributed by atoms with Gasteiger partial charge in [-0.15, -0.1) is 0 Å². The van der Waals surface area contributed by atoms with Crippen LogP contribution in [0.25, 0.3) is 11.0 Å². The Kier molecular flexibility index (Phi) is 4.24. The van der Waals surface area contributed by atoms with Gasteiger partial charge in [-0.05, 0) is 36.8 Å². The molecule has 3 aromatic rings. The van der Waals surface area contributed by atoms with E-state index in [1.165, 1.54) is 19.1 Å². The number of nitrogens with one attached hydrogen (secondary N) is 1. The number of carbonyl (C=O) groups excluding carboxylic acids is 1. The van der Waals surface area contributed by atoms with Gasteiger partial charge in [-0.25, -0.2) is 4.98 Å². The Labute approximate surface area is 142 Å². The van der Waals surface area contributed by atoms with Crippen molar-refractivity contribution in [3.8, 4) is 0 Å². The highest BCUT2D eigenvalue weighted by Gasteiger charge is 2.33. The van der Waals surface area contributed by atoms with Crippen molar-refractivity contribution in [1.82, 2.24) is 9.55 Å². The average molecular weight is 347 g/mol. The second-order valence-corrected chi connectivity index (χ2v) is 5.69. The predicted molar refractivity (Wildman–Crippen MR) is 89.8 cm³/mol. The van der Waals surface area contributed by atoms with Crippen LogP contribution in [0.1, 0.15) is 28.4 Å². The molecule has 0 spiro atoms. The predicted octanol–water partition coefficient (Wildman–Crippen LogP) is 4.35. The van der Waals surface area contributed by atoms with E-state index < -0.39 is 11.7 Å². The average Bonchev–Trinajstić information content (AvgIpc) is 2.91. The highest BCUT2D eigenvalue weighted by molar-refractivity contribution is 5.97. The zero-order valence-electron chi connectivity index (χ0n) is 13.7. The summed E-state index contributed by atoms with van der Waals surface area (Å²) >= 11 is 0. The fourth-order valence-electron chi connectivity index (χ4n) is 2.80. The topological polar surface area (TPSA) is 46.9 Å². The van der Waals surface area contributed by atoms with E-state index in [1.807, 2.05) is 0 Å². The van der Waals surface area contributed by atoms with Gasteiger partial charge < -0.3 is 9.88 Å². The monoisotopic (exact) mass is 347 g/mol. The number of alkyl halides is 3. The molecule has 0 unspecified atom stereocenters. The molecule has 0 saturated heterocycles. The van der Waals surface area contributed by atoms with Gasteiger partial charge >= 0.3 is 6.18 Å². The Morgan fingerprint density at radius 1 is 1.20 bits per heavy atom. The molecule has 0 saturated carbocycles. The zero-order chi connectivity index (χ0) is 18.2. The summed E-state index contributed by atoms with van der Waals surface area (Å²) in [7, 11) is 1.65. The van der Waals surface area contributed by atoms with Crippen molar-refractivity contribution in [1.29, 1.82) is 0 Å². The molecular weight excluding hydrogens is 331 g/mol. The van der Waals surface area contributed by atoms with Crippen molar-refractivity contribution < 1.29 is 18.0 Å². The molecule has 0 radical (unpaired) electrons. The summed E-state index contributed by atoms with van der Waals surface area (Å²) < 4.78 is 41.4. The van der Waals surface area contributed by atoms with Crippen molar-refractivity contribution >= 4 is 22.8 Å². The third-order valence-corrected chi connectivity index (χ3v) is 4.03. The Morgan fingerprint density at radius 3 is 2.56 bits per heavy atom. The van der Waals surface area contributed by atoms with Crippen molar-refractivity contribution in [2.75, 3.05) is 12.4 Å². The molecule has 25 heavy (non-hydrogen) atoms. The second kappa shape index (κ2) is 6.23. The number of halogens is 3. The number of carbonyl (C=O) groups is 1. The standard InChI is InChI=1S/C18H16F3N3O/c1-11(25)12-7-8-16-15(9-12)23-17(22-2)24(16)10-13-5-3-4-6-14(13)18(19,20)21/h3-9H,10H2,1-2H3,(H,22,23). The summed E-state index contributed by atoms with van der Waals surface area (Å²) in [6.45, 7) is 1.47. The maximum absolute atomic E-state index is 13.2. The Hall–Kier alpha value is -2.83. The number of aromatic nitrogens is 2. The molecule has 4 nitrogen and oxygen atoms in total. The quantitative estimate of drug-likeness (QED) is 0.714. The van der Waals surface area contributed by atoms with Gasteiger partial charge in [-0.3, -0.25) is 4.79 Å². The van der Waals surface area contributed by atoms with Crippen molar-refractivity contribution in [3.63, 3.8) is 0 Å². The van der Waals surface area contributed by atoms with E-state index in [2.05, 4.69) is 10.3 Å². The first kappa shape index (κ1) is 17.0. The number of fused-ring (bicyclic) bond motifs is 1. The van der Waals surface area contributed by atoms with Gasteiger partial charge in [-0.1, -0.05) is 18.2 Å². The number of rotatable bonds is 4. The van der Waals surface area contributed by atoms with Crippen LogP contribution in [0.3, 0.4) is 0 Å². The number of benzene rings is 2. The number of imidazole rings is 1. The highest BCUT2D eigenvalue weighted by atomic mass is 19.4. The molecule has 1 heterocycles. The van der Waals surface area contributed by atoms with Gasteiger partial charge in [-0.2, -0.15) is 13.2 Å². The highest BCUT2D eigenvalue weighted by Crippen LogP contribution is 2.33. The summed E-state index contributed by atoms with van der Waals surface area (Å²) in [5, 5.41) is 2.90. The molecule has 1 N–H and O–H groups in total. The van der Waals surface area contributed by atoms with Crippen LogP contribution in [0, 0.1) is 0 Å². The Morgan fingerprint density at radius 2 is 1.92 bits per heavy atom. The molecule has 0 aliphatic rings. The largest absolute Gasteiger partial charge is 0.416 e. The van der Waals surface area contributed by atoms with Gasteiger partial charge in [0, 0.05) is 12.6 Å². The van der Waals surface area contributed by atoms with E-state index >= 15 is 0 Å². The first-order valence-corrected chi connectivity index (χ1v) is 7.65. The lowest BCUT2D eigenvalue weighted by atomic mass is 10.1. The number of hydrogen-bond acceptors (Lipinski definition) is 3. The minimum atomic E-state index is -4.42. The van der Waals surface area contributed by atoms with E-state index in [4.69, 9.17) is 0 Å². The minimum absolute atomic E-state index is 0.0156. The summed E-state index contributed by atoms with van der Waals surface area (Å²) in [6.07, 6.45) is -4.42. The summed E-state index contributed by atoms with van der Waals surface area (Å²) in [6, 6.07) is 10.5. The lowest BCUT2D eigenvalue weighted by molar-refractivity contribution is -0.138. The molecule has 2 aromatic carbocycles. The fraction of sp³-hybridized carbons (Fsp3) is 0.222. The molecule has 3 rings (SSSR count). The summed E-state index contributed by atoms with van der Waals surface area (Å²) in [5.74, 6) is 0.345. The van der Waals surface area contributed by atoms with Crippen molar-refractivity contribution in [2.45, 2.75) is 19.6 Å². The van der Waals surface area contributed by atoms with Crippen LogP contribution in [-0.2, 0) is 12.7 Å². The normalized spacial score (nSPS) is 11.7. The SMILES string of the molecule is CNc1nc2cc(C(C)=O)ccc2n1Cc1ccccc1C(F)(F)F. The van der Waals surface area contributed by atoms with Crippen LogP contribution in [-0.4, -0.2) is 22.4 Å². The van der Waals surface area contributed by atoms with Gasteiger partial charge in [0.2, 0.25) is 5.95 Å². The van der Waals surface area contributed by atoms with Gasteiger partial charge in [0.05, 0.1) is 23.1 Å². The van der Waals surface area contributed by atoms with Crippen LogP contribution in [0.15, 0.2) is 42.5 Å². The molecule has 1 aromatic heterocycles. The summed E-state index contributed by atoms with van der Waals surface area (Å²) in [4.78, 5) is 15.9. The molecule has 0 amide bonds. The third-order valence-electron chi connectivity index (χ3n) is 4.03. The fourth-order valence-corrected chi connectivity index (χ4v) is 2.80. The van der Waals surface area contributed by atoms with E-state index in [9.17, 15) is 18.0 Å². The second-order valence-electron chi connectivity index (χ2n) is 5.69. The van der Waals surface area contributed by atoms with Gasteiger partial charge in [0.25, 0.3) is 0 Å². The van der Waals surface area contributed by atoms with Crippen LogP contribution in [0.4, 0.5) is 19.1 Å². The molecule has 0 atom stereocenters. The number of Topliss-reactive ketones (excluding diaryl/α,β-unsaturated/α-hetero) is 1. The third kappa shape index (κ3) is 3.22. The van der Waals surface area contributed by atoms with Crippen molar-refractivity contribution in [2.24, 2.45) is 0 Å². The molecule has 130 valence electrons. The Balaban J connectivity index is 2.12. The van der Waals surface area contributed by atoms with Crippen molar-refractivity contribution in [3.05, 3.63) is 59.2 Å². The number of nitrogens with zero attached hydrogens (tertiary/aromatic N) is 2. The molecule has 0 bridgehead atoms. The minimum Gasteiger partial charge on any atom is -0.359 e. The molecule has 0 fully saturated rings. The summed E-state index contributed by atoms with van der Waals surface area (Å²) in [5.41, 5.74) is 1.21. The van der Waals surface area contributed by atoms with E-state index in [1.54, 1.807) is 35.9 Å². The molecule has 0 aliphatic carbocycles. The molecule has 0 aliphatic heterocycles. The number of anilines is 1. The van der Waals surface area contributed by atoms with E-state index in [0.717, 1.165) is 6.07 Å². The lowest BCUT2D eigenvalue weighted by Gasteiger charge is -2.15. The van der Waals surface area contributed by atoms with Crippen LogP contribution in [0.5, 0.6) is 0 Å². The first-order valence-electron chi connectivity index (χ1n) is 7.65. The molecular formula is C18H16F3N3O.